The van der Waals surface area contributed by atoms with Crippen LogP contribution in [0.1, 0.15) is 69.8 Å². The molecule has 0 radical (unpaired) electrons. The van der Waals surface area contributed by atoms with Gasteiger partial charge in [-0.3, -0.25) is 0 Å². The van der Waals surface area contributed by atoms with Crippen LogP contribution in [0.2, 0.25) is 0 Å². The van der Waals surface area contributed by atoms with E-state index in [1.807, 2.05) is 12.1 Å². The molecule has 0 N–H and O–H groups in total. The zero-order chi connectivity index (χ0) is 17.6. The van der Waals surface area contributed by atoms with E-state index in [4.69, 9.17) is 0 Å². The Morgan fingerprint density at radius 3 is 2.24 bits per heavy atom. The summed E-state index contributed by atoms with van der Waals surface area (Å²) in [6, 6.07) is 12.0. The smallest absolute Gasteiger partial charge is 0.133 e. The Kier molecular flexibility index (Phi) is 6.23. The Morgan fingerprint density at radius 2 is 1.60 bits per heavy atom. The van der Waals surface area contributed by atoms with Gasteiger partial charge in [0.15, 0.2) is 0 Å². The molecule has 0 heterocycles. The molecule has 2 aromatic rings. The summed E-state index contributed by atoms with van der Waals surface area (Å²) in [6.07, 6.45) is 10.6. The number of halogens is 2. The molecule has 0 spiro atoms. The molecular formula is C23H28F2. The van der Waals surface area contributed by atoms with Crippen molar-refractivity contribution in [1.82, 2.24) is 0 Å². The molecule has 0 aromatic heterocycles. The molecule has 3 rings (SSSR count). The quantitative estimate of drug-likeness (QED) is 0.477. The third-order valence-corrected chi connectivity index (χ3v) is 5.69. The fourth-order valence-electron chi connectivity index (χ4n) is 4.13. The highest BCUT2D eigenvalue weighted by Gasteiger charge is 2.22. The maximum absolute atomic E-state index is 13.9. The third kappa shape index (κ3) is 4.68. The van der Waals surface area contributed by atoms with Gasteiger partial charge in [-0.15, -0.1) is 0 Å². The molecule has 0 atom stereocenters. The maximum atomic E-state index is 13.9. The molecule has 25 heavy (non-hydrogen) atoms. The first-order chi connectivity index (χ1) is 12.2. The summed E-state index contributed by atoms with van der Waals surface area (Å²) in [4.78, 5) is 0. The molecule has 2 aromatic carbocycles. The Labute approximate surface area is 150 Å². The molecule has 0 unspecified atom stereocenters. The summed E-state index contributed by atoms with van der Waals surface area (Å²) in [5, 5.41) is 0. The lowest BCUT2D eigenvalue weighted by Gasteiger charge is -2.29. The first-order valence-corrected chi connectivity index (χ1v) is 9.72. The molecule has 1 saturated carbocycles. The average molecular weight is 342 g/mol. The third-order valence-electron chi connectivity index (χ3n) is 5.69. The Bertz CT molecular complexity index is 667. The minimum Gasteiger partial charge on any atom is -0.207 e. The van der Waals surface area contributed by atoms with E-state index < -0.39 is 11.6 Å². The zero-order valence-corrected chi connectivity index (χ0v) is 15.1. The predicted octanol–water partition coefficient (Wildman–Crippen LogP) is 7.49. The zero-order valence-electron chi connectivity index (χ0n) is 15.1. The van der Waals surface area contributed by atoms with Gasteiger partial charge in [-0.1, -0.05) is 56.9 Å². The fraction of sp³-hybridized carbons (Fsp3) is 0.478. The van der Waals surface area contributed by atoms with Gasteiger partial charge >= 0.3 is 0 Å². The minimum atomic E-state index is -0.534. The molecule has 1 aliphatic carbocycles. The van der Waals surface area contributed by atoms with E-state index in [9.17, 15) is 8.78 Å². The maximum Gasteiger partial charge on any atom is 0.133 e. The van der Waals surface area contributed by atoms with Gasteiger partial charge in [-0.2, -0.15) is 0 Å². The summed E-state index contributed by atoms with van der Waals surface area (Å²) in [7, 11) is 0. The SMILES string of the molecule is CCCCCC1CCC(c2ccc(-c3ccc(F)cc3F)cc2)CC1. The van der Waals surface area contributed by atoms with Crippen LogP contribution in [0.4, 0.5) is 8.78 Å². The largest absolute Gasteiger partial charge is 0.207 e. The molecule has 134 valence electrons. The summed E-state index contributed by atoms with van der Waals surface area (Å²) in [5.41, 5.74) is 2.64. The lowest BCUT2D eigenvalue weighted by atomic mass is 9.77. The van der Waals surface area contributed by atoms with E-state index >= 15 is 0 Å². The highest BCUT2D eigenvalue weighted by Crippen LogP contribution is 2.38. The first-order valence-electron chi connectivity index (χ1n) is 9.72. The van der Waals surface area contributed by atoms with Crippen LogP contribution in [0.25, 0.3) is 11.1 Å². The van der Waals surface area contributed by atoms with E-state index in [0.717, 1.165) is 17.5 Å². The molecule has 0 aliphatic heterocycles. The van der Waals surface area contributed by atoms with Crippen LogP contribution >= 0.6 is 0 Å². The van der Waals surface area contributed by atoms with Crippen molar-refractivity contribution in [3.05, 3.63) is 59.7 Å². The van der Waals surface area contributed by atoms with Crippen LogP contribution in [0.15, 0.2) is 42.5 Å². The Morgan fingerprint density at radius 1 is 0.880 bits per heavy atom. The number of benzene rings is 2. The van der Waals surface area contributed by atoms with Gasteiger partial charge in [0.05, 0.1) is 0 Å². The molecular weight excluding hydrogens is 314 g/mol. The molecule has 1 fully saturated rings. The van der Waals surface area contributed by atoms with Crippen LogP contribution in [-0.2, 0) is 0 Å². The van der Waals surface area contributed by atoms with Gasteiger partial charge in [-0.05, 0) is 60.8 Å². The number of rotatable bonds is 6. The first kappa shape index (κ1) is 18.1. The highest BCUT2D eigenvalue weighted by molar-refractivity contribution is 5.64. The number of unbranched alkanes of at least 4 members (excludes halogenated alkanes) is 2. The summed E-state index contributed by atoms with van der Waals surface area (Å²) < 4.78 is 27.0. The lowest BCUT2D eigenvalue weighted by molar-refractivity contribution is 0.303. The topological polar surface area (TPSA) is 0 Å². The fourth-order valence-corrected chi connectivity index (χ4v) is 4.13. The van der Waals surface area contributed by atoms with E-state index in [2.05, 4.69) is 19.1 Å². The molecule has 0 nitrogen and oxygen atoms in total. The van der Waals surface area contributed by atoms with Crippen LogP contribution in [0.5, 0.6) is 0 Å². The van der Waals surface area contributed by atoms with Crippen LogP contribution < -0.4 is 0 Å². The van der Waals surface area contributed by atoms with Crippen LogP contribution in [0, 0.1) is 17.6 Å². The van der Waals surface area contributed by atoms with Crippen molar-refractivity contribution < 1.29 is 8.78 Å². The number of hydrogen-bond acceptors (Lipinski definition) is 0. The van der Waals surface area contributed by atoms with Crippen molar-refractivity contribution in [3.8, 4) is 11.1 Å². The average Bonchev–Trinajstić information content (AvgIpc) is 2.63. The van der Waals surface area contributed by atoms with E-state index in [1.165, 1.54) is 69.1 Å². The van der Waals surface area contributed by atoms with Crippen molar-refractivity contribution in [1.29, 1.82) is 0 Å². The number of hydrogen-bond donors (Lipinski definition) is 0. The standard InChI is InChI=1S/C23H28F2/c1-2-3-4-5-17-6-8-18(9-7-17)19-10-12-20(13-11-19)22-15-14-21(24)16-23(22)25/h10-18H,2-9H2,1H3. The van der Waals surface area contributed by atoms with Crippen molar-refractivity contribution in [2.45, 2.75) is 64.2 Å². The molecule has 0 bridgehead atoms. The lowest BCUT2D eigenvalue weighted by Crippen LogP contribution is -2.13. The Hall–Kier alpha value is -1.70. The van der Waals surface area contributed by atoms with Crippen molar-refractivity contribution in [2.24, 2.45) is 5.92 Å². The Balaban J connectivity index is 1.60. The normalized spacial score (nSPS) is 20.6. The van der Waals surface area contributed by atoms with Gasteiger partial charge < -0.3 is 0 Å². The predicted molar refractivity (Wildman–Crippen MR) is 101 cm³/mol. The van der Waals surface area contributed by atoms with Crippen molar-refractivity contribution in [2.75, 3.05) is 0 Å². The summed E-state index contributed by atoms with van der Waals surface area (Å²) >= 11 is 0. The van der Waals surface area contributed by atoms with E-state index in [-0.39, 0.29) is 0 Å². The van der Waals surface area contributed by atoms with E-state index in [1.54, 1.807) is 0 Å². The second-order valence-corrected chi connectivity index (χ2v) is 7.46. The summed E-state index contributed by atoms with van der Waals surface area (Å²) in [5.74, 6) is 0.513. The minimum absolute atomic E-state index is 0.465. The van der Waals surface area contributed by atoms with Gasteiger partial charge in [0.2, 0.25) is 0 Å². The van der Waals surface area contributed by atoms with Gasteiger partial charge in [0.25, 0.3) is 0 Å². The molecule has 0 saturated heterocycles. The second-order valence-electron chi connectivity index (χ2n) is 7.46. The van der Waals surface area contributed by atoms with Crippen LogP contribution in [-0.4, -0.2) is 0 Å². The van der Waals surface area contributed by atoms with E-state index in [0.29, 0.717) is 11.5 Å². The highest BCUT2D eigenvalue weighted by atomic mass is 19.1. The van der Waals surface area contributed by atoms with Crippen LogP contribution in [0.3, 0.4) is 0 Å². The second kappa shape index (κ2) is 8.60. The molecule has 1 aliphatic rings. The van der Waals surface area contributed by atoms with Gasteiger partial charge in [0, 0.05) is 11.6 Å². The molecule has 2 heteroatoms. The monoisotopic (exact) mass is 342 g/mol. The van der Waals surface area contributed by atoms with Crippen molar-refractivity contribution >= 4 is 0 Å². The summed E-state index contributed by atoms with van der Waals surface area (Å²) in [6.45, 7) is 2.26. The van der Waals surface area contributed by atoms with Crippen molar-refractivity contribution in [3.63, 3.8) is 0 Å². The van der Waals surface area contributed by atoms with Gasteiger partial charge in [0.1, 0.15) is 11.6 Å². The van der Waals surface area contributed by atoms with Gasteiger partial charge in [-0.25, -0.2) is 8.78 Å². The molecule has 0 amide bonds.